The largest absolute Gasteiger partial charge is 0.493 e. The summed E-state index contributed by atoms with van der Waals surface area (Å²) in [6.07, 6.45) is 4.33. The van der Waals surface area contributed by atoms with Crippen molar-refractivity contribution in [3.8, 4) is 11.5 Å². The van der Waals surface area contributed by atoms with E-state index < -0.39 is 6.61 Å². The van der Waals surface area contributed by atoms with Gasteiger partial charge in [0, 0.05) is 0 Å². The molecular formula is C19H21F2N3O3S. The first-order valence-corrected chi connectivity index (χ1v) is 10.0. The minimum Gasteiger partial charge on any atom is -0.493 e. The Morgan fingerprint density at radius 2 is 2.04 bits per heavy atom. The van der Waals surface area contributed by atoms with E-state index >= 15 is 0 Å². The van der Waals surface area contributed by atoms with Gasteiger partial charge in [0.05, 0.1) is 29.0 Å². The number of ether oxygens (including phenoxy) is 2. The number of hydrogen-bond acceptors (Lipinski definition) is 5. The van der Waals surface area contributed by atoms with Crippen molar-refractivity contribution in [1.29, 1.82) is 0 Å². The van der Waals surface area contributed by atoms with Crippen molar-refractivity contribution in [2.75, 3.05) is 7.11 Å². The van der Waals surface area contributed by atoms with Gasteiger partial charge in [-0.1, -0.05) is 30.7 Å². The predicted molar refractivity (Wildman–Crippen MR) is 104 cm³/mol. The highest BCUT2D eigenvalue weighted by Crippen LogP contribution is 2.46. The van der Waals surface area contributed by atoms with E-state index in [-0.39, 0.29) is 28.4 Å². The second-order valence-corrected chi connectivity index (χ2v) is 8.20. The molecule has 28 heavy (non-hydrogen) atoms. The quantitative estimate of drug-likeness (QED) is 0.771. The summed E-state index contributed by atoms with van der Waals surface area (Å²) in [6.45, 7) is -1.03. The zero-order chi connectivity index (χ0) is 19.8. The van der Waals surface area contributed by atoms with Crippen LogP contribution in [0.2, 0.25) is 0 Å². The van der Waals surface area contributed by atoms with Crippen LogP contribution in [0.25, 0.3) is 0 Å². The Bertz CT molecular complexity index is 964. The number of aromatic nitrogens is 2. The van der Waals surface area contributed by atoms with E-state index in [9.17, 15) is 13.6 Å². The van der Waals surface area contributed by atoms with Crippen LogP contribution in [0, 0.1) is 0 Å². The number of H-pyrrole nitrogens is 1. The van der Waals surface area contributed by atoms with Crippen molar-refractivity contribution in [2.45, 2.75) is 50.5 Å². The van der Waals surface area contributed by atoms with Crippen LogP contribution >= 0.6 is 11.8 Å². The molecule has 0 spiro atoms. The van der Waals surface area contributed by atoms with Gasteiger partial charge in [0.15, 0.2) is 17.3 Å². The van der Waals surface area contributed by atoms with Crippen LogP contribution in [-0.2, 0) is 0 Å². The topological polar surface area (TPSA) is 68.6 Å². The molecule has 2 aliphatic rings. The minimum atomic E-state index is -2.94. The van der Waals surface area contributed by atoms with Gasteiger partial charge in [-0.2, -0.15) is 8.78 Å². The standard InChI is InChI=1S/C19H21F2N3O3S/c1-10-22-17-15(18(25)23-24(17)12-5-3-4-6-12)16(28-10)11-7-8-13(27-19(20)21)14(9-11)26-2/h7-9,12,16,19H,3-6H2,1-2H3,(H,23,25)/t16-/m1/s1. The SMILES string of the molecule is COc1cc([C@H]2SC(C)=Nc3c2c(=O)[nH]n3C2CCCC2)ccc1OC(F)F. The normalized spacial score (nSPS) is 19.6. The maximum absolute atomic E-state index is 12.8. The van der Waals surface area contributed by atoms with Crippen LogP contribution < -0.4 is 15.0 Å². The highest BCUT2D eigenvalue weighted by molar-refractivity contribution is 8.14. The van der Waals surface area contributed by atoms with E-state index in [1.807, 2.05) is 11.6 Å². The molecule has 1 atom stereocenters. The number of nitrogens with zero attached hydrogens (tertiary/aromatic N) is 2. The Kier molecular flexibility index (Phi) is 5.18. The van der Waals surface area contributed by atoms with Crippen LogP contribution in [-0.4, -0.2) is 28.5 Å². The van der Waals surface area contributed by atoms with Crippen LogP contribution in [0.5, 0.6) is 11.5 Å². The van der Waals surface area contributed by atoms with Crippen molar-refractivity contribution in [3.05, 3.63) is 39.7 Å². The molecule has 2 aromatic rings. The Balaban J connectivity index is 1.77. The lowest BCUT2D eigenvalue weighted by molar-refractivity contribution is -0.0512. The molecule has 6 nitrogen and oxygen atoms in total. The van der Waals surface area contributed by atoms with E-state index in [4.69, 9.17) is 4.74 Å². The number of halogens is 2. The van der Waals surface area contributed by atoms with Gasteiger partial charge in [-0.25, -0.2) is 4.99 Å². The fourth-order valence-corrected chi connectivity index (χ4v) is 5.00. The van der Waals surface area contributed by atoms with E-state index in [0.717, 1.165) is 36.3 Å². The lowest BCUT2D eigenvalue weighted by Gasteiger charge is -2.23. The Hall–Kier alpha value is -2.29. The molecule has 9 heteroatoms. The fourth-order valence-electron chi connectivity index (χ4n) is 3.91. The van der Waals surface area contributed by atoms with Gasteiger partial charge in [0.2, 0.25) is 0 Å². The molecule has 0 radical (unpaired) electrons. The first-order valence-electron chi connectivity index (χ1n) is 9.17. The van der Waals surface area contributed by atoms with Crippen molar-refractivity contribution >= 4 is 22.6 Å². The number of aliphatic imine (C=N–C) groups is 1. The highest BCUT2D eigenvalue weighted by atomic mass is 32.2. The van der Waals surface area contributed by atoms with Crippen molar-refractivity contribution < 1.29 is 18.3 Å². The van der Waals surface area contributed by atoms with Crippen LogP contribution in [0.4, 0.5) is 14.6 Å². The molecule has 2 heterocycles. The molecule has 1 aromatic carbocycles. The summed E-state index contributed by atoms with van der Waals surface area (Å²) >= 11 is 1.46. The molecule has 1 aliphatic heterocycles. The van der Waals surface area contributed by atoms with Crippen LogP contribution in [0.3, 0.4) is 0 Å². The molecule has 0 amide bonds. The number of nitrogens with one attached hydrogen (secondary N) is 1. The maximum Gasteiger partial charge on any atom is 0.387 e. The number of hydrogen-bond donors (Lipinski definition) is 1. The number of benzene rings is 1. The van der Waals surface area contributed by atoms with E-state index in [0.29, 0.717) is 11.4 Å². The number of aromatic amines is 1. The molecule has 0 unspecified atom stereocenters. The molecule has 1 fully saturated rings. The maximum atomic E-state index is 12.8. The zero-order valence-electron chi connectivity index (χ0n) is 15.6. The summed E-state index contributed by atoms with van der Waals surface area (Å²) in [5.41, 5.74) is 1.20. The summed E-state index contributed by atoms with van der Waals surface area (Å²) in [6, 6.07) is 5.04. The summed E-state index contributed by atoms with van der Waals surface area (Å²) in [7, 11) is 1.40. The Morgan fingerprint density at radius 1 is 1.29 bits per heavy atom. The summed E-state index contributed by atoms with van der Waals surface area (Å²) in [5, 5.41) is 3.51. The molecule has 1 N–H and O–H groups in total. The Labute approximate surface area is 164 Å². The number of methoxy groups -OCH3 is 1. The van der Waals surface area contributed by atoms with Gasteiger partial charge in [-0.15, -0.1) is 0 Å². The lowest BCUT2D eigenvalue weighted by Crippen LogP contribution is -2.14. The van der Waals surface area contributed by atoms with E-state index in [2.05, 4.69) is 14.8 Å². The molecule has 1 aromatic heterocycles. The first-order chi connectivity index (χ1) is 13.5. The van der Waals surface area contributed by atoms with Gasteiger partial charge in [0.1, 0.15) is 0 Å². The zero-order valence-corrected chi connectivity index (χ0v) is 16.4. The Morgan fingerprint density at radius 3 is 2.71 bits per heavy atom. The molecule has 150 valence electrons. The molecule has 0 bridgehead atoms. The minimum absolute atomic E-state index is 0.0369. The van der Waals surface area contributed by atoms with Crippen LogP contribution in [0.1, 0.15) is 55.0 Å². The number of rotatable bonds is 5. The van der Waals surface area contributed by atoms with E-state index in [1.165, 1.54) is 24.9 Å². The summed E-state index contributed by atoms with van der Waals surface area (Å²) < 4.78 is 36.8. The predicted octanol–water partition coefficient (Wildman–Crippen LogP) is 4.79. The molecule has 1 saturated carbocycles. The summed E-state index contributed by atoms with van der Waals surface area (Å²) in [5.74, 6) is 0.835. The average molecular weight is 409 g/mol. The molecule has 4 rings (SSSR count). The van der Waals surface area contributed by atoms with Gasteiger partial charge in [-0.3, -0.25) is 14.6 Å². The van der Waals surface area contributed by atoms with Crippen molar-refractivity contribution in [3.63, 3.8) is 0 Å². The van der Waals surface area contributed by atoms with Gasteiger partial charge < -0.3 is 9.47 Å². The third kappa shape index (κ3) is 3.43. The molecule has 0 saturated heterocycles. The van der Waals surface area contributed by atoms with Gasteiger partial charge in [0.25, 0.3) is 5.56 Å². The van der Waals surface area contributed by atoms with Crippen molar-refractivity contribution in [1.82, 2.24) is 9.78 Å². The fraction of sp³-hybridized carbons (Fsp3) is 0.474. The molecule has 1 aliphatic carbocycles. The highest BCUT2D eigenvalue weighted by Gasteiger charge is 2.33. The third-order valence-corrected chi connectivity index (χ3v) is 6.32. The summed E-state index contributed by atoms with van der Waals surface area (Å²) in [4.78, 5) is 17.4. The van der Waals surface area contributed by atoms with E-state index in [1.54, 1.807) is 12.1 Å². The number of alkyl halides is 2. The lowest BCUT2D eigenvalue weighted by atomic mass is 10.1. The first kappa shape index (κ1) is 19.0. The number of thioether (sulfide) groups is 1. The second-order valence-electron chi connectivity index (χ2n) is 6.90. The smallest absolute Gasteiger partial charge is 0.387 e. The average Bonchev–Trinajstić information content (AvgIpc) is 3.29. The van der Waals surface area contributed by atoms with Gasteiger partial charge >= 0.3 is 6.61 Å². The number of fused-ring (bicyclic) bond motifs is 1. The van der Waals surface area contributed by atoms with Crippen LogP contribution in [0.15, 0.2) is 28.0 Å². The van der Waals surface area contributed by atoms with Crippen molar-refractivity contribution in [2.24, 2.45) is 4.99 Å². The van der Waals surface area contributed by atoms with Gasteiger partial charge in [-0.05, 0) is 37.5 Å². The monoisotopic (exact) mass is 409 g/mol. The second kappa shape index (κ2) is 7.62. The third-order valence-electron chi connectivity index (χ3n) is 5.15. The molecular weight excluding hydrogens is 388 g/mol.